The lowest BCUT2D eigenvalue weighted by atomic mass is 10.1. The van der Waals surface area contributed by atoms with Gasteiger partial charge >= 0.3 is 17.9 Å². The smallest absolute Gasteiger partial charge is 0.306 e. The van der Waals surface area contributed by atoms with Gasteiger partial charge in [0.1, 0.15) is 13.2 Å². The Bertz CT molecular complexity index is 1270. The number of rotatable bonds is 48. The lowest BCUT2D eigenvalue weighted by Crippen LogP contribution is -2.30. The minimum atomic E-state index is -0.802. The first-order chi connectivity index (χ1) is 32.0. The Kier molecular flexibility index (Phi) is 50.4. The lowest BCUT2D eigenvalue weighted by Gasteiger charge is -2.18. The first-order valence-electron chi connectivity index (χ1n) is 27.1. The zero-order valence-electron chi connectivity index (χ0n) is 42.5. The first kappa shape index (κ1) is 61.6. The third-order valence-electron chi connectivity index (χ3n) is 11.4. The fraction of sp³-hybridized carbons (Fsp3) is 0.712. The number of unbranched alkanes of at least 4 members (excludes halogenated alkanes) is 23. The van der Waals surface area contributed by atoms with E-state index in [1.807, 2.05) is 0 Å². The molecule has 0 spiro atoms. The van der Waals surface area contributed by atoms with Crippen molar-refractivity contribution < 1.29 is 28.6 Å². The minimum Gasteiger partial charge on any atom is -0.462 e. The summed E-state index contributed by atoms with van der Waals surface area (Å²) in [5, 5.41) is 0. The predicted molar refractivity (Wildman–Crippen MR) is 279 cm³/mol. The van der Waals surface area contributed by atoms with E-state index in [1.165, 1.54) is 109 Å². The Balaban J connectivity index is 4.41. The van der Waals surface area contributed by atoms with E-state index in [0.29, 0.717) is 19.3 Å². The molecule has 0 N–H and O–H groups in total. The fourth-order valence-corrected chi connectivity index (χ4v) is 7.32. The molecule has 372 valence electrons. The van der Waals surface area contributed by atoms with Crippen LogP contribution in [0.5, 0.6) is 0 Å². The standard InChI is InChI=1S/C59H100O6/c1-4-7-10-13-16-19-22-24-26-27-28-29-30-31-33-34-37-40-43-46-49-52-58(61)64-55-56(54-63-57(60)51-48-45-42-39-36-21-18-15-12-9-6-3)65-59(62)53-50-47-44-41-38-35-32-25-23-20-17-14-11-8-5-2/h8,11,17,20,22,24-25,27-28,30-32,38,41,56H,4-7,9-10,12-16,18-19,21,23,26,29,33-37,39-40,42-55H2,1-3H3/b11-8-,20-17-,24-22-,28-27-,31-30-,32-25-,41-38-. The summed E-state index contributed by atoms with van der Waals surface area (Å²) < 4.78 is 16.8. The second-order valence-corrected chi connectivity index (χ2v) is 17.8. The molecule has 0 rings (SSSR count). The molecule has 0 fully saturated rings. The maximum Gasteiger partial charge on any atom is 0.306 e. The normalized spacial score (nSPS) is 12.7. The van der Waals surface area contributed by atoms with Crippen LogP contribution in [-0.4, -0.2) is 37.2 Å². The zero-order chi connectivity index (χ0) is 47.2. The van der Waals surface area contributed by atoms with Gasteiger partial charge in [-0.05, 0) is 96.3 Å². The second-order valence-electron chi connectivity index (χ2n) is 17.8. The van der Waals surface area contributed by atoms with Gasteiger partial charge in [0.2, 0.25) is 0 Å². The van der Waals surface area contributed by atoms with Crippen LogP contribution in [0.2, 0.25) is 0 Å². The van der Waals surface area contributed by atoms with E-state index in [2.05, 4.69) is 106 Å². The first-order valence-corrected chi connectivity index (χ1v) is 27.1. The molecule has 65 heavy (non-hydrogen) atoms. The van der Waals surface area contributed by atoms with Crippen molar-refractivity contribution in [3.05, 3.63) is 85.1 Å². The van der Waals surface area contributed by atoms with Crippen LogP contribution in [-0.2, 0) is 28.6 Å². The third-order valence-corrected chi connectivity index (χ3v) is 11.4. The van der Waals surface area contributed by atoms with Crippen molar-refractivity contribution >= 4 is 17.9 Å². The van der Waals surface area contributed by atoms with Crippen LogP contribution < -0.4 is 0 Å². The summed E-state index contributed by atoms with van der Waals surface area (Å²) in [4.78, 5) is 38.0. The summed E-state index contributed by atoms with van der Waals surface area (Å²) in [5.41, 5.74) is 0. The molecule has 0 aliphatic carbocycles. The van der Waals surface area contributed by atoms with Crippen molar-refractivity contribution in [1.29, 1.82) is 0 Å². The molecule has 0 radical (unpaired) electrons. The summed E-state index contributed by atoms with van der Waals surface area (Å²) in [6, 6.07) is 0. The molecule has 0 saturated heterocycles. The summed E-state index contributed by atoms with van der Waals surface area (Å²) >= 11 is 0. The summed E-state index contributed by atoms with van der Waals surface area (Å²) in [5.74, 6) is -0.951. The minimum absolute atomic E-state index is 0.0965. The number of hydrogen-bond acceptors (Lipinski definition) is 6. The van der Waals surface area contributed by atoms with Crippen LogP contribution in [0, 0.1) is 0 Å². The van der Waals surface area contributed by atoms with Gasteiger partial charge in [-0.15, -0.1) is 0 Å². The van der Waals surface area contributed by atoms with Crippen LogP contribution in [0.15, 0.2) is 85.1 Å². The molecular weight excluding hydrogens is 805 g/mol. The molecule has 1 atom stereocenters. The van der Waals surface area contributed by atoms with Crippen molar-refractivity contribution in [1.82, 2.24) is 0 Å². The van der Waals surface area contributed by atoms with Crippen LogP contribution >= 0.6 is 0 Å². The van der Waals surface area contributed by atoms with Crippen molar-refractivity contribution in [2.45, 2.75) is 258 Å². The topological polar surface area (TPSA) is 78.9 Å². The number of esters is 3. The van der Waals surface area contributed by atoms with Crippen LogP contribution in [0.25, 0.3) is 0 Å². The number of hydrogen-bond donors (Lipinski definition) is 0. The Labute approximate surface area is 401 Å². The highest BCUT2D eigenvalue weighted by molar-refractivity contribution is 5.71. The monoisotopic (exact) mass is 905 g/mol. The molecule has 6 heteroatoms. The SMILES string of the molecule is CC/C=C\C/C=C\C/C=C\C/C=C\CCCCC(=O)OC(COC(=O)CCCCCCCC/C=C\C/C=C\C/C=C\CCCCCCC)COC(=O)CCCCCCCCCCCCC. The highest BCUT2D eigenvalue weighted by Crippen LogP contribution is 2.14. The van der Waals surface area contributed by atoms with Gasteiger partial charge in [0.15, 0.2) is 6.10 Å². The van der Waals surface area contributed by atoms with E-state index in [9.17, 15) is 14.4 Å². The summed E-state index contributed by atoms with van der Waals surface area (Å²) in [6.07, 6.45) is 68.6. The van der Waals surface area contributed by atoms with Gasteiger partial charge in [-0.25, -0.2) is 0 Å². The maximum atomic E-state index is 12.8. The average Bonchev–Trinajstić information content (AvgIpc) is 3.30. The van der Waals surface area contributed by atoms with Gasteiger partial charge < -0.3 is 14.2 Å². The Morgan fingerprint density at radius 1 is 0.323 bits per heavy atom. The maximum absolute atomic E-state index is 12.8. The van der Waals surface area contributed by atoms with E-state index >= 15 is 0 Å². The van der Waals surface area contributed by atoms with E-state index in [0.717, 1.165) is 96.3 Å². The van der Waals surface area contributed by atoms with E-state index in [-0.39, 0.29) is 37.5 Å². The number of carbonyl (C=O) groups is 3. The predicted octanol–water partition coefficient (Wildman–Crippen LogP) is 18.0. The van der Waals surface area contributed by atoms with Gasteiger partial charge in [-0.2, -0.15) is 0 Å². The van der Waals surface area contributed by atoms with Gasteiger partial charge in [0, 0.05) is 19.3 Å². The quantitative estimate of drug-likeness (QED) is 0.0262. The van der Waals surface area contributed by atoms with Crippen molar-refractivity contribution in [2.24, 2.45) is 0 Å². The highest BCUT2D eigenvalue weighted by Gasteiger charge is 2.19. The van der Waals surface area contributed by atoms with Gasteiger partial charge in [-0.1, -0.05) is 221 Å². The van der Waals surface area contributed by atoms with Crippen molar-refractivity contribution in [2.75, 3.05) is 13.2 Å². The second kappa shape index (κ2) is 53.2. The number of carbonyl (C=O) groups excluding carboxylic acids is 3. The Morgan fingerprint density at radius 3 is 0.969 bits per heavy atom. The molecule has 0 aromatic carbocycles. The Hall–Kier alpha value is -3.41. The van der Waals surface area contributed by atoms with Gasteiger partial charge in [0.25, 0.3) is 0 Å². The highest BCUT2D eigenvalue weighted by atomic mass is 16.6. The molecule has 0 aromatic rings. The molecule has 0 aromatic heterocycles. The van der Waals surface area contributed by atoms with E-state index in [4.69, 9.17) is 14.2 Å². The van der Waals surface area contributed by atoms with Crippen molar-refractivity contribution in [3.63, 3.8) is 0 Å². The lowest BCUT2D eigenvalue weighted by molar-refractivity contribution is -0.167. The summed E-state index contributed by atoms with van der Waals surface area (Å²) in [7, 11) is 0. The third kappa shape index (κ3) is 51.4. The van der Waals surface area contributed by atoms with E-state index in [1.54, 1.807) is 0 Å². The molecular formula is C59H100O6. The van der Waals surface area contributed by atoms with Crippen LogP contribution in [0.1, 0.15) is 252 Å². The molecule has 0 aliphatic heterocycles. The van der Waals surface area contributed by atoms with E-state index < -0.39 is 6.10 Å². The summed E-state index contributed by atoms with van der Waals surface area (Å²) in [6.45, 7) is 6.46. The number of ether oxygens (including phenoxy) is 3. The van der Waals surface area contributed by atoms with Gasteiger partial charge in [0.05, 0.1) is 0 Å². The fourth-order valence-electron chi connectivity index (χ4n) is 7.32. The van der Waals surface area contributed by atoms with Crippen LogP contribution in [0.3, 0.4) is 0 Å². The van der Waals surface area contributed by atoms with Crippen LogP contribution in [0.4, 0.5) is 0 Å². The molecule has 0 bridgehead atoms. The molecule has 0 amide bonds. The molecule has 0 saturated carbocycles. The number of allylic oxidation sites excluding steroid dienone is 14. The largest absolute Gasteiger partial charge is 0.462 e. The zero-order valence-corrected chi connectivity index (χ0v) is 42.5. The molecule has 0 aliphatic rings. The average molecular weight is 905 g/mol. The molecule has 6 nitrogen and oxygen atoms in total. The Morgan fingerprint density at radius 2 is 0.600 bits per heavy atom. The molecule has 0 heterocycles. The van der Waals surface area contributed by atoms with Crippen molar-refractivity contribution in [3.8, 4) is 0 Å². The van der Waals surface area contributed by atoms with Gasteiger partial charge in [-0.3, -0.25) is 14.4 Å². The molecule has 1 unspecified atom stereocenters.